The van der Waals surface area contributed by atoms with Crippen LogP contribution >= 0.6 is 0 Å². The van der Waals surface area contributed by atoms with Gasteiger partial charge in [-0.1, -0.05) is 30.3 Å². The Morgan fingerprint density at radius 1 is 1.30 bits per heavy atom. The van der Waals surface area contributed by atoms with Crippen LogP contribution in [0, 0.1) is 0 Å². The molecule has 0 radical (unpaired) electrons. The van der Waals surface area contributed by atoms with Crippen molar-refractivity contribution in [3.8, 4) is 0 Å². The van der Waals surface area contributed by atoms with E-state index in [1.807, 2.05) is 37.3 Å². The first kappa shape index (κ1) is 14.3. The molecular formula is C16H20N2O2. The molecule has 4 nitrogen and oxygen atoms in total. The molecule has 106 valence electrons. The second-order valence-corrected chi connectivity index (χ2v) is 5.23. The van der Waals surface area contributed by atoms with Gasteiger partial charge in [0.2, 0.25) is 11.8 Å². The van der Waals surface area contributed by atoms with Crippen LogP contribution in [0.1, 0.15) is 25.3 Å². The summed E-state index contributed by atoms with van der Waals surface area (Å²) >= 11 is 0. The molecule has 0 aliphatic heterocycles. The fourth-order valence-corrected chi connectivity index (χ4v) is 1.87. The number of carbonyl (C=O) groups is 2. The molecule has 0 atom stereocenters. The van der Waals surface area contributed by atoms with Gasteiger partial charge in [-0.15, -0.1) is 0 Å². The predicted octanol–water partition coefficient (Wildman–Crippen LogP) is 1.83. The minimum Gasteiger partial charge on any atom is -0.352 e. The lowest BCUT2D eigenvalue weighted by atomic mass is 10.1. The van der Waals surface area contributed by atoms with Crippen LogP contribution in [-0.4, -0.2) is 36.3 Å². The number of rotatable bonds is 5. The van der Waals surface area contributed by atoms with Crippen molar-refractivity contribution >= 4 is 17.4 Å². The van der Waals surface area contributed by atoms with E-state index in [4.69, 9.17) is 0 Å². The van der Waals surface area contributed by atoms with Crippen LogP contribution in [0.3, 0.4) is 0 Å². The van der Waals surface area contributed by atoms with Crippen molar-refractivity contribution in [1.29, 1.82) is 0 Å². The Labute approximate surface area is 119 Å². The number of carbonyl (C=O) groups excluding carboxylic acids is 2. The van der Waals surface area contributed by atoms with Gasteiger partial charge in [-0.05, 0) is 30.9 Å². The van der Waals surface area contributed by atoms with Gasteiger partial charge in [0.25, 0.3) is 0 Å². The molecule has 0 saturated heterocycles. The van der Waals surface area contributed by atoms with Gasteiger partial charge in [-0.3, -0.25) is 9.59 Å². The molecule has 0 heterocycles. The Kier molecular flexibility index (Phi) is 4.56. The maximum Gasteiger partial charge on any atom is 0.247 e. The third-order valence-corrected chi connectivity index (χ3v) is 3.27. The van der Waals surface area contributed by atoms with Crippen molar-refractivity contribution in [2.45, 2.75) is 25.8 Å². The van der Waals surface area contributed by atoms with Crippen molar-refractivity contribution in [2.75, 3.05) is 13.6 Å². The average molecular weight is 272 g/mol. The fraction of sp³-hybridized carbons (Fsp3) is 0.375. The van der Waals surface area contributed by atoms with Gasteiger partial charge in [0.1, 0.15) is 0 Å². The highest BCUT2D eigenvalue weighted by Crippen LogP contribution is 2.18. The van der Waals surface area contributed by atoms with Crippen LogP contribution in [0.2, 0.25) is 0 Å². The first-order chi connectivity index (χ1) is 9.56. The summed E-state index contributed by atoms with van der Waals surface area (Å²) in [5, 5.41) is 2.87. The van der Waals surface area contributed by atoms with Crippen LogP contribution < -0.4 is 5.32 Å². The highest BCUT2D eigenvalue weighted by Gasteiger charge is 2.24. The number of allylic oxidation sites excluding steroid dienone is 1. The van der Waals surface area contributed by atoms with Crippen LogP contribution in [0.4, 0.5) is 0 Å². The van der Waals surface area contributed by atoms with E-state index < -0.39 is 0 Å². The summed E-state index contributed by atoms with van der Waals surface area (Å²) in [7, 11) is 1.64. The van der Waals surface area contributed by atoms with Crippen molar-refractivity contribution in [2.24, 2.45) is 0 Å². The van der Waals surface area contributed by atoms with E-state index in [-0.39, 0.29) is 18.4 Å². The molecule has 1 saturated carbocycles. The zero-order chi connectivity index (χ0) is 14.5. The molecular weight excluding hydrogens is 252 g/mol. The van der Waals surface area contributed by atoms with Gasteiger partial charge in [-0.2, -0.15) is 0 Å². The van der Waals surface area contributed by atoms with Crippen molar-refractivity contribution in [3.63, 3.8) is 0 Å². The largest absolute Gasteiger partial charge is 0.352 e. The normalized spacial score (nSPS) is 14.8. The number of nitrogens with zero attached hydrogens (tertiary/aromatic N) is 1. The molecule has 4 heteroatoms. The molecule has 1 aliphatic rings. The van der Waals surface area contributed by atoms with Crippen molar-refractivity contribution in [3.05, 3.63) is 42.0 Å². The number of benzene rings is 1. The van der Waals surface area contributed by atoms with E-state index in [2.05, 4.69) is 5.32 Å². The zero-order valence-electron chi connectivity index (χ0n) is 11.9. The summed E-state index contributed by atoms with van der Waals surface area (Å²) < 4.78 is 0. The van der Waals surface area contributed by atoms with Crippen LogP contribution in [-0.2, 0) is 9.59 Å². The lowest BCUT2D eigenvalue weighted by Gasteiger charge is -2.15. The summed E-state index contributed by atoms with van der Waals surface area (Å²) in [4.78, 5) is 25.1. The maximum atomic E-state index is 12.0. The Bertz CT molecular complexity index is 519. The minimum atomic E-state index is -0.155. The second-order valence-electron chi connectivity index (χ2n) is 5.23. The van der Waals surface area contributed by atoms with Crippen molar-refractivity contribution < 1.29 is 9.59 Å². The van der Waals surface area contributed by atoms with E-state index >= 15 is 0 Å². The predicted molar refractivity (Wildman–Crippen MR) is 78.9 cm³/mol. The highest BCUT2D eigenvalue weighted by atomic mass is 16.2. The first-order valence-electron chi connectivity index (χ1n) is 6.84. The third kappa shape index (κ3) is 4.23. The molecule has 1 aromatic carbocycles. The van der Waals surface area contributed by atoms with Gasteiger partial charge in [0.15, 0.2) is 0 Å². The SMILES string of the molecule is CC(=CC(=O)N(C)CC(=O)NC1CC1)c1ccccc1. The second kappa shape index (κ2) is 6.37. The monoisotopic (exact) mass is 272 g/mol. The highest BCUT2D eigenvalue weighted by molar-refractivity contribution is 5.96. The number of hydrogen-bond donors (Lipinski definition) is 1. The van der Waals surface area contributed by atoms with E-state index in [1.54, 1.807) is 13.1 Å². The van der Waals surface area contributed by atoms with Crippen LogP contribution in [0.5, 0.6) is 0 Å². The first-order valence-corrected chi connectivity index (χ1v) is 6.84. The van der Waals surface area contributed by atoms with Gasteiger partial charge in [0.05, 0.1) is 6.54 Å². The van der Waals surface area contributed by atoms with Gasteiger partial charge >= 0.3 is 0 Å². The summed E-state index contributed by atoms with van der Waals surface area (Å²) in [5.74, 6) is -0.244. The summed E-state index contributed by atoms with van der Waals surface area (Å²) in [6.07, 6.45) is 3.67. The molecule has 1 fully saturated rings. The topological polar surface area (TPSA) is 49.4 Å². The maximum absolute atomic E-state index is 12.0. The minimum absolute atomic E-state index is 0.0888. The van der Waals surface area contributed by atoms with Crippen molar-refractivity contribution in [1.82, 2.24) is 10.2 Å². The van der Waals surface area contributed by atoms with Crippen LogP contribution in [0.25, 0.3) is 5.57 Å². The lowest BCUT2D eigenvalue weighted by molar-refractivity contribution is -0.131. The molecule has 0 bridgehead atoms. The summed E-state index contributed by atoms with van der Waals surface area (Å²) in [6, 6.07) is 10.0. The molecule has 0 unspecified atom stereocenters. The molecule has 20 heavy (non-hydrogen) atoms. The lowest BCUT2D eigenvalue weighted by Crippen LogP contribution is -2.38. The van der Waals surface area contributed by atoms with Gasteiger partial charge in [0, 0.05) is 19.2 Å². The molecule has 1 N–H and O–H groups in total. The van der Waals surface area contributed by atoms with Crippen LogP contribution in [0.15, 0.2) is 36.4 Å². The van der Waals surface area contributed by atoms with E-state index in [1.165, 1.54) is 4.90 Å². The van der Waals surface area contributed by atoms with E-state index in [9.17, 15) is 9.59 Å². The number of nitrogens with one attached hydrogen (secondary N) is 1. The summed E-state index contributed by atoms with van der Waals surface area (Å²) in [5.41, 5.74) is 1.90. The Morgan fingerprint density at radius 3 is 2.55 bits per heavy atom. The van der Waals surface area contributed by atoms with Gasteiger partial charge in [-0.25, -0.2) is 0 Å². The number of hydrogen-bond acceptors (Lipinski definition) is 2. The van der Waals surface area contributed by atoms with E-state index in [0.29, 0.717) is 6.04 Å². The fourth-order valence-electron chi connectivity index (χ4n) is 1.87. The molecule has 1 aliphatic carbocycles. The Morgan fingerprint density at radius 2 is 1.95 bits per heavy atom. The Balaban J connectivity index is 1.90. The molecule has 2 amide bonds. The standard InChI is InChI=1S/C16H20N2O2/c1-12(13-6-4-3-5-7-13)10-16(20)18(2)11-15(19)17-14-8-9-14/h3-7,10,14H,8-9,11H2,1-2H3,(H,17,19). The number of likely N-dealkylation sites (N-methyl/N-ethyl adjacent to an activating group) is 1. The molecule has 0 aromatic heterocycles. The Hall–Kier alpha value is -2.10. The molecule has 0 spiro atoms. The number of amides is 2. The smallest absolute Gasteiger partial charge is 0.247 e. The van der Waals surface area contributed by atoms with Gasteiger partial charge < -0.3 is 10.2 Å². The quantitative estimate of drug-likeness (QED) is 0.831. The zero-order valence-corrected chi connectivity index (χ0v) is 11.9. The third-order valence-electron chi connectivity index (χ3n) is 3.27. The molecule has 2 rings (SSSR count). The molecule has 1 aromatic rings. The summed E-state index contributed by atoms with van der Waals surface area (Å²) in [6.45, 7) is 2.00. The average Bonchev–Trinajstić information content (AvgIpc) is 3.23. The van der Waals surface area contributed by atoms with E-state index in [0.717, 1.165) is 24.0 Å².